The summed E-state index contributed by atoms with van der Waals surface area (Å²) in [7, 11) is 0. The molecule has 0 spiro atoms. The number of thiophene rings is 1. The predicted molar refractivity (Wildman–Crippen MR) is 227 cm³/mol. The van der Waals surface area contributed by atoms with Crippen molar-refractivity contribution in [2.75, 3.05) is 0 Å². The number of hydrogen-bond donors (Lipinski definition) is 0. The summed E-state index contributed by atoms with van der Waals surface area (Å²) in [5, 5.41) is 7.40. The maximum atomic E-state index is 5.27. The second-order valence-electron chi connectivity index (χ2n) is 14.8. The molecule has 0 amide bonds. The second-order valence-corrected chi connectivity index (χ2v) is 15.8. The van der Waals surface area contributed by atoms with E-state index in [2.05, 4.69) is 159 Å². The molecule has 0 bridgehead atoms. The number of rotatable bonds is 4. The van der Waals surface area contributed by atoms with Crippen LogP contribution in [0.25, 0.3) is 98.1 Å². The summed E-state index contributed by atoms with van der Waals surface area (Å²) in [6, 6.07) is 58.7. The van der Waals surface area contributed by atoms with Crippen molar-refractivity contribution < 1.29 is 0 Å². The number of aromatic nitrogens is 3. The summed E-state index contributed by atoms with van der Waals surface area (Å²) in [5.41, 5.74) is 10.6. The molecule has 8 aromatic carbocycles. The quantitative estimate of drug-likeness (QED) is 0.171. The third-order valence-electron chi connectivity index (χ3n) is 11.3. The highest BCUT2D eigenvalue weighted by Crippen LogP contribution is 2.50. The van der Waals surface area contributed by atoms with Crippen LogP contribution in [0.4, 0.5) is 0 Å². The summed E-state index contributed by atoms with van der Waals surface area (Å²) in [6.07, 6.45) is 0. The van der Waals surface area contributed by atoms with Crippen LogP contribution in [0.5, 0.6) is 0 Å². The molecule has 2 heterocycles. The SMILES string of the molecule is CC1(C)c2ccccc2-c2ccc(-c3nc(-c4ccccc4)nc(-c4cccc5c4ccc4ccc6c7cccc(-c8ccccc8)c7sc6c45)n3)cc21. The van der Waals surface area contributed by atoms with Crippen LogP contribution in [-0.2, 0) is 5.41 Å². The molecule has 0 fully saturated rings. The van der Waals surface area contributed by atoms with Crippen LogP contribution in [-0.4, -0.2) is 15.0 Å². The van der Waals surface area contributed by atoms with Gasteiger partial charge in [-0.3, -0.25) is 0 Å². The van der Waals surface area contributed by atoms with Gasteiger partial charge in [0.2, 0.25) is 0 Å². The number of benzene rings is 8. The molecule has 10 aromatic rings. The van der Waals surface area contributed by atoms with Gasteiger partial charge in [-0.15, -0.1) is 11.3 Å². The Morgan fingerprint density at radius 2 is 0.981 bits per heavy atom. The molecule has 0 saturated heterocycles. The molecule has 0 saturated carbocycles. The number of fused-ring (bicyclic) bond motifs is 10. The lowest BCUT2D eigenvalue weighted by molar-refractivity contribution is 0.660. The predicted octanol–water partition coefficient (Wildman–Crippen LogP) is 13.5. The molecule has 11 rings (SSSR count). The van der Waals surface area contributed by atoms with Gasteiger partial charge in [0.1, 0.15) is 0 Å². The van der Waals surface area contributed by atoms with E-state index in [4.69, 9.17) is 15.0 Å². The van der Waals surface area contributed by atoms with E-state index in [0.717, 1.165) is 22.1 Å². The van der Waals surface area contributed by atoms with Crippen molar-refractivity contribution in [1.82, 2.24) is 15.0 Å². The molecule has 1 aliphatic rings. The monoisotopic (exact) mass is 707 g/mol. The van der Waals surface area contributed by atoms with Gasteiger partial charge in [0.05, 0.1) is 0 Å². The van der Waals surface area contributed by atoms with E-state index >= 15 is 0 Å². The fraction of sp³-hybridized carbons (Fsp3) is 0.0600. The number of hydrogen-bond acceptors (Lipinski definition) is 4. The van der Waals surface area contributed by atoms with Crippen LogP contribution in [0.2, 0.25) is 0 Å². The fourth-order valence-electron chi connectivity index (χ4n) is 8.65. The van der Waals surface area contributed by atoms with Crippen LogP contribution in [0.15, 0.2) is 164 Å². The van der Waals surface area contributed by atoms with Crippen molar-refractivity contribution in [3.8, 4) is 56.4 Å². The zero-order valence-corrected chi connectivity index (χ0v) is 30.7. The van der Waals surface area contributed by atoms with Crippen LogP contribution in [0, 0.1) is 0 Å². The number of nitrogens with zero attached hydrogens (tertiary/aromatic N) is 3. The Balaban J connectivity index is 1.13. The Labute approximate surface area is 317 Å². The normalized spacial score (nSPS) is 13.1. The van der Waals surface area contributed by atoms with Gasteiger partial charge >= 0.3 is 0 Å². The summed E-state index contributed by atoms with van der Waals surface area (Å²) in [4.78, 5) is 15.6. The van der Waals surface area contributed by atoms with Gasteiger partial charge in [0, 0.05) is 47.7 Å². The first-order valence-corrected chi connectivity index (χ1v) is 19.3. The summed E-state index contributed by atoms with van der Waals surface area (Å²) >= 11 is 1.89. The maximum Gasteiger partial charge on any atom is 0.164 e. The molecule has 4 heteroatoms. The average Bonchev–Trinajstić information content (AvgIpc) is 3.73. The second kappa shape index (κ2) is 11.8. The van der Waals surface area contributed by atoms with Gasteiger partial charge in [-0.1, -0.05) is 172 Å². The molecule has 0 radical (unpaired) electrons. The molecule has 0 unspecified atom stereocenters. The largest absolute Gasteiger partial charge is 0.208 e. The molecule has 2 aromatic heterocycles. The third-order valence-corrected chi connectivity index (χ3v) is 12.6. The highest BCUT2D eigenvalue weighted by Gasteiger charge is 2.35. The molecule has 0 N–H and O–H groups in total. The topological polar surface area (TPSA) is 38.7 Å². The molecule has 1 aliphatic carbocycles. The zero-order valence-electron chi connectivity index (χ0n) is 29.8. The Morgan fingerprint density at radius 3 is 1.78 bits per heavy atom. The van der Waals surface area contributed by atoms with Gasteiger partial charge in [-0.2, -0.15) is 0 Å². The van der Waals surface area contributed by atoms with Crippen molar-refractivity contribution >= 4 is 53.1 Å². The van der Waals surface area contributed by atoms with Gasteiger partial charge in [0.15, 0.2) is 17.5 Å². The van der Waals surface area contributed by atoms with Crippen molar-refractivity contribution in [1.29, 1.82) is 0 Å². The molecular weight excluding hydrogens is 675 g/mol. The third kappa shape index (κ3) is 4.63. The first-order chi connectivity index (χ1) is 26.5. The lowest BCUT2D eigenvalue weighted by Gasteiger charge is -2.21. The minimum atomic E-state index is -0.128. The van der Waals surface area contributed by atoms with Gasteiger partial charge in [-0.25, -0.2) is 15.0 Å². The first kappa shape index (κ1) is 31.1. The van der Waals surface area contributed by atoms with Crippen LogP contribution < -0.4 is 0 Å². The van der Waals surface area contributed by atoms with Crippen molar-refractivity contribution in [3.05, 3.63) is 175 Å². The summed E-state index contributed by atoms with van der Waals surface area (Å²) in [5.74, 6) is 2.00. The highest BCUT2D eigenvalue weighted by atomic mass is 32.1. The van der Waals surface area contributed by atoms with Crippen molar-refractivity contribution in [2.24, 2.45) is 0 Å². The molecule has 0 aliphatic heterocycles. The fourth-order valence-corrected chi connectivity index (χ4v) is 10.1. The highest BCUT2D eigenvalue weighted by molar-refractivity contribution is 7.27. The van der Waals surface area contributed by atoms with E-state index in [1.54, 1.807) is 0 Å². The van der Waals surface area contributed by atoms with Gasteiger partial charge < -0.3 is 0 Å². The lowest BCUT2D eigenvalue weighted by Crippen LogP contribution is -2.15. The van der Waals surface area contributed by atoms with E-state index in [-0.39, 0.29) is 5.41 Å². The smallest absolute Gasteiger partial charge is 0.164 e. The lowest BCUT2D eigenvalue weighted by atomic mass is 9.82. The van der Waals surface area contributed by atoms with Gasteiger partial charge in [0.25, 0.3) is 0 Å². The van der Waals surface area contributed by atoms with Crippen molar-refractivity contribution in [3.63, 3.8) is 0 Å². The van der Waals surface area contributed by atoms with E-state index < -0.39 is 0 Å². The van der Waals surface area contributed by atoms with Crippen molar-refractivity contribution in [2.45, 2.75) is 19.3 Å². The molecule has 254 valence electrons. The Kier molecular flexibility index (Phi) is 6.77. The van der Waals surface area contributed by atoms with Crippen LogP contribution >= 0.6 is 11.3 Å². The van der Waals surface area contributed by atoms with Crippen LogP contribution in [0.3, 0.4) is 0 Å². The zero-order chi connectivity index (χ0) is 36.0. The maximum absolute atomic E-state index is 5.27. The van der Waals surface area contributed by atoms with E-state index in [1.165, 1.54) is 69.7 Å². The summed E-state index contributed by atoms with van der Waals surface area (Å²) in [6.45, 7) is 4.62. The van der Waals surface area contributed by atoms with Gasteiger partial charge in [-0.05, 0) is 55.6 Å². The molecule has 54 heavy (non-hydrogen) atoms. The minimum absolute atomic E-state index is 0.128. The van der Waals surface area contributed by atoms with E-state index in [1.807, 2.05) is 29.5 Å². The Bertz CT molecular complexity index is 3120. The standard InChI is InChI=1S/C50H33N3S/c1-50(2)42-22-10-9-17-36(42)37-27-25-33(29-43(37)50)48-51-47(32-15-7-4-8-16-32)52-49(53-48)41-21-12-19-38-35(41)26-23-31-24-28-40-39-20-11-18-34(30-13-5-3-6-14-30)45(39)54-46(40)44(31)38/h3-29H,1-2H3. The Morgan fingerprint density at radius 1 is 0.389 bits per heavy atom. The first-order valence-electron chi connectivity index (χ1n) is 18.4. The van der Waals surface area contributed by atoms with E-state index in [0.29, 0.717) is 17.5 Å². The van der Waals surface area contributed by atoms with E-state index in [9.17, 15) is 0 Å². The average molecular weight is 708 g/mol. The van der Waals surface area contributed by atoms with Crippen LogP contribution in [0.1, 0.15) is 25.0 Å². The minimum Gasteiger partial charge on any atom is -0.208 e. The molecule has 0 atom stereocenters. The molecular formula is C50H33N3S. The summed E-state index contributed by atoms with van der Waals surface area (Å²) < 4.78 is 2.62. The Hall–Kier alpha value is -6.49. The molecule has 3 nitrogen and oxygen atoms in total.